The van der Waals surface area contributed by atoms with Crippen LogP contribution in [0.3, 0.4) is 0 Å². The van der Waals surface area contributed by atoms with Gasteiger partial charge in [0.25, 0.3) is 6.43 Å². The van der Waals surface area contributed by atoms with Gasteiger partial charge in [0.05, 0.1) is 18.5 Å². The smallest absolute Gasteiger partial charge is 0.265 e. The van der Waals surface area contributed by atoms with E-state index in [4.69, 9.17) is 15.6 Å². The van der Waals surface area contributed by atoms with Gasteiger partial charge >= 0.3 is 0 Å². The fraction of sp³-hybridized carbons (Fsp3) is 0.400. The maximum Gasteiger partial charge on any atom is 0.265 e. The van der Waals surface area contributed by atoms with Crippen LogP contribution in [0.15, 0.2) is 18.2 Å². The molecule has 0 aliphatic heterocycles. The van der Waals surface area contributed by atoms with E-state index in [1.165, 1.54) is 7.11 Å². The molecule has 0 radical (unpaired) electrons. The summed E-state index contributed by atoms with van der Waals surface area (Å²) in [5.41, 5.74) is 6.48. The Morgan fingerprint density at radius 3 is 2.75 bits per heavy atom. The summed E-state index contributed by atoms with van der Waals surface area (Å²) in [7, 11) is 1.46. The topological polar surface area (TPSA) is 67.5 Å². The Morgan fingerprint density at radius 1 is 1.50 bits per heavy atom. The molecule has 16 heavy (non-hydrogen) atoms. The highest BCUT2D eigenvalue weighted by Gasteiger charge is 2.16. The molecule has 0 amide bonds. The van der Waals surface area contributed by atoms with Gasteiger partial charge in [-0.1, -0.05) is 6.07 Å². The van der Waals surface area contributed by atoms with Crippen LogP contribution >= 0.6 is 0 Å². The van der Waals surface area contributed by atoms with Crippen molar-refractivity contribution in [2.45, 2.75) is 12.5 Å². The molecule has 1 aromatic rings. The maximum atomic E-state index is 12.0. The first-order chi connectivity index (χ1) is 7.56. The Bertz CT molecular complexity index is 348. The average molecular weight is 232 g/mol. The quantitative estimate of drug-likeness (QED) is 0.670. The van der Waals surface area contributed by atoms with Crippen LogP contribution in [-0.4, -0.2) is 31.3 Å². The number of hydrogen-bond donors (Lipinski definition) is 3. The van der Waals surface area contributed by atoms with Gasteiger partial charge in [0.1, 0.15) is 11.9 Å². The zero-order valence-electron chi connectivity index (χ0n) is 8.78. The Labute approximate surface area is 92.0 Å². The highest BCUT2D eigenvalue weighted by molar-refractivity contribution is 5.72. The van der Waals surface area contributed by atoms with Gasteiger partial charge in [0.15, 0.2) is 0 Å². The van der Waals surface area contributed by atoms with Crippen molar-refractivity contribution in [3.05, 3.63) is 18.2 Å². The van der Waals surface area contributed by atoms with Crippen molar-refractivity contribution in [1.82, 2.24) is 0 Å². The number of aliphatic hydroxyl groups excluding tert-OH is 1. The number of para-hydroxylation sites is 1. The molecule has 0 spiro atoms. The van der Waals surface area contributed by atoms with E-state index >= 15 is 0 Å². The number of hydrogen-bond acceptors (Lipinski definition) is 4. The summed E-state index contributed by atoms with van der Waals surface area (Å²) in [4.78, 5) is 0. The molecule has 1 rings (SSSR count). The normalized spacial score (nSPS) is 12.6. The first-order valence-electron chi connectivity index (χ1n) is 4.68. The van der Waals surface area contributed by atoms with Gasteiger partial charge in [0, 0.05) is 6.54 Å². The van der Waals surface area contributed by atoms with E-state index in [1.54, 1.807) is 18.2 Å². The number of anilines is 2. The van der Waals surface area contributed by atoms with Gasteiger partial charge < -0.3 is 20.9 Å². The van der Waals surface area contributed by atoms with Crippen molar-refractivity contribution in [3.8, 4) is 5.75 Å². The van der Waals surface area contributed by atoms with Crippen LogP contribution in [0.2, 0.25) is 0 Å². The Kier molecular flexibility index (Phi) is 4.30. The number of ether oxygens (including phenoxy) is 1. The molecule has 1 atom stereocenters. The number of methoxy groups -OCH3 is 1. The summed E-state index contributed by atoms with van der Waals surface area (Å²) in [5.74, 6) is 0.455. The molecule has 0 bridgehead atoms. The fourth-order valence-corrected chi connectivity index (χ4v) is 1.18. The van der Waals surface area contributed by atoms with Gasteiger partial charge in [-0.25, -0.2) is 8.78 Å². The van der Waals surface area contributed by atoms with Crippen LogP contribution in [-0.2, 0) is 0 Å². The van der Waals surface area contributed by atoms with Crippen LogP contribution in [0, 0.1) is 0 Å². The number of nitrogens with one attached hydrogen (secondary N) is 1. The monoisotopic (exact) mass is 232 g/mol. The largest absolute Gasteiger partial charge is 0.495 e. The SMILES string of the molecule is COc1cccc(NCC(O)C(F)F)c1N. The predicted octanol–water partition coefficient (Wildman–Crippen LogP) is 1.32. The van der Waals surface area contributed by atoms with Crippen molar-refractivity contribution < 1.29 is 18.6 Å². The van der Waals surface area contributed by atoms with E-state index in [9.17, 15) is 8.78 Å². The zero-order valence-corrected chi connectivity index (χ0v) is 8.78. The lowest BCUT2D eigenvalue weighted by molar-refractivity contribution is 0.00385. The molecule has 1 aromatic carbocycles. The average Bonchev–Trinajstić information content (AvgIpc) is 2.27. The number of aliphatic hydroxyl groups is 1. The summed E-state index contributed by atoms with van der Waals surface area (Å²) in [5, 5.41) is 11.6. The first-order valence-corrected chi connectivity index (χ1v) is 4.68. The number of benzene rings is 1. The lowest BCUT2D eigenvalue weighted by Crippen LogP contribution is -2.27. The molecule has 0 saturated heterocycles. The highest BCUT2D eigenvalue weighted by Crippen LogP contribution is 2.28. The molecule has 4 nitrogen and oxygen atoms in total. The van der Waals surface area contributed by atoms with Crippen LogP contribution in [0.5, 0.6) is 5.75 Å². The summed E-state index contributed by atoms with van der Waals surface area (Å²) < 4.78 is 29.0. The molecule has 0 fully saturated rings. The molecule has 0 saturated carbocycles. The molecule has 4 N–H and O–H groups in total. The van der Waals surface area contributed by atoms with Crippen molar-refractivity contribution in [1.29, 1.82) is 0 Å². The summed E-state index contributed by atoms with van der Waals surface area (Å²) >= 11 is 0. The molecular formula is C10H14F2N2O2. The Hall–Kier alpha value is -1.56. The standard InChI is InChI=1S/C10H14F2N2O2/c1-16-8-4-2-3-6(9(8)13)14-5-7(15)10(11)12/h2-4,7,10,14-15H,5,13H2,1H3. The molecule has 0 aromatic heterocycles. The van der Waals surface area contributed by atoms with E-state index in [1.807, 2.05) is 0 Å². The minimum Gasteiger partial charge on any atom is -0.495 e. The minimum absolute atomic E-state index is 0.269. The highest BCUT2D eigenvalue weighted by atomic mass is 19.3. The van der Waals surface area contributed by atoms with Gasteiger partial charge in [-0.05, 0) is 12.1 Å². The van der Waals surface area contributed by atoms with Crippen molar-refractivity contribution in [3.63, 3.8) is 0 Å². The van der Waals surface area contributed by atoms with Crippen molar-refractivity contribution in [2.24, 2.45) is 0 Å². The van der Waals surface area contributed by atoms with E-state index in [-0.39, 0.29) is 6.54 Å². The molecule has 0 heterocycles. The van der Waals surface area contributed by atoms with E-state index in [0.29, 0.717) is 17.1 Å². The van der Waals surface area contributed by atoms with E-state index in [2.05, 4.69) is 5.32 Å². The van der Waals surface area contributed by atoms with Crippen molar-refractivity contribution in [2.75, 3.05) is 24.7 Å². The zero-order chi connectivity index (χ0) is 12.1. The second-order valence-corrected chi connectivity index (χ2v) is 3.20. The number of nitrogens with two attached hydrogens (primary N) is 1. The van der Waals surface area contributed by atoms with Crippen molar-refractivity contribution >= 4 is 11.4 Å². The molecular weight excluding hydrogens is 218 g/mol. The summed E-state index contributed by atoms with van der Waals surface area (Å²) in [6.07, 6.45) is -4.50. The summed E-state index contributed by atoms with van der Waals surface area (Å²) in [6.45, 7) is -0.269. The lowest BCUT2D eigenvalue weighted by atomic mass is 10.2. The molecule has 0 aliphatic rings. The van der Waals surface area contributed by atoms with Crippen LogP contribution < -0.4 is 15.8 Å². The molecule has 6 heteroatoms. The lowest BCUT2D eigenvalue weighted by Gasteiger charge is -2.14. The third kappa shape index (κ3) is 2.96. The van der Waals surface area contributed by atoms with E-state index < -0.39 is 12.5 Å². The predicted molar refractivity (Wildman–Crippen MR) is 57.9 cm³/mol. The summed E-state index contributed by atoms with van der Waals surface area (Å²) in [6, 6.07) is 4.95. The maximum absolute atomic E-state index is 12.0. The first kappa shape index (κ1) is 12.5. The number of rotatable bonds is 5. The van der Waals surface area contributed by atoms with Gasteiger partial charge in [-0.15, -0.1) is 0 Å². The Morgan fingerprint density at radius 2 is 2.19 bits per heavy atom. The molecule has 0 aliphatic carbocycles. The third-order valence-corrected chi connectivity index (χ3v) is 2.08. The Balaban J connectivity index is 2.67. The minimum atomic E-state index is -2.78. The van der Waals surface area contributed by atoms with Gasteiger partial charge in [0.2, 0.25) is 0 Å². The van der Waals surface area contributed by atoms with Crippen LogP contribution in [0.25, 0.3) is 0 Å². The number of alkyl halides is 2. The second kappa shape index (κ2) is 5.50. The van der Waals surface area contributed by atoms with Gasteiger partial charge in [-0.3, -0.25) is 0 Å². The molecule has 90 valence electrons. The number of halogens is 2. The fourth-order valence-electron chi connectivity index (χ4n) is 1.18. The molecule has 1 unspecified atom stereocenters. The van der Waals surface area contributed by atoms with Crippen LogP contribution in [0.4, 0.5) is 20.2 Å². The second-order valence-electron chi connectivity index (χ2n) is 3.20. The van der Waals surface area contributed by atoms with E-state index in [0.717, 1.165) is 0 Å². The third-order valence-electron chi connectivity index (χ3n) is 2.08. The van der Waals surface area contributed by atoms with Gasteiger partial charge in [-0.2, -0.15) is 0 Å². The number of nitrogen functional groups attached to an aromatic ring is 1. The van der Waals surface area contributed by atoms with Crippen LogP contribution in [0.1, 0.15) is 0 Å².